The van der Waals surface area contributed by atoms with E-state index in [-0.39, 0.29) is 17.9 Å². The molecule has 4 rings (SSSR count). The molecule has 0 unspecified atom stereocenters. The molecule has 0 spiro atoms. The smallest absolute Gasteiger partial charge is 0.326 e. The standard InChI is InChI=1S/C26H24N2O4/c1-17-11-13-19(14-12-17)15-27-26(31)18(2)32-24(29)16-28-22-9-5-3-7-20(22)25(30)21-8-4-6-10-23(21)28/h3-14,18H,15-16H2,1-2H3,(H,27,31)/t18-/m0/s1. The second kappa shape index (κ2) is 9.06. The fourth-order valence-electron chi connectivity index (χ4n) is 3.70. The third kappa shape index (κ3) is 4.39. The number of pyridine rings is 1. The second-order valence-corrected chi connectivity index (χ2v) is 7.79. The van der Waals surface area contributed by atoms with Crippen LogP contribution in [0, 0.1) is 6.92 Å². The number of carbonyl (C=O) groups excluding carboxylic acids is 2. The van der Waals surface area contributed by atoms with E-state index in [1.54, 1.807) is 47.9 Å². The monoisotopic (exact) mass is 428 g/mol. The number of amides is 1. The predicted molar refractivity (Wildman–Crippen MR) is 124 cm³/mol. The van der Waals surface area contributed by atoms with E-state index in [0.717, 1.165) is 11.1 Å². The molecule has 0 saturated heterocycles. The van der Waals surface area contributed by atoms with Gasteiger partial charge in [-0.25, -0.2) is 0 Å². The molecule has 6 heteroatoms. The third-order valence-corrected chi connectivity index (χ3v) is 5.43. The Morgan fingerprint density at radius 3 is 2.06 bits per heavy atom. The van der Waals surface area contributed by atoms with E-state index in [1.807, 2.05) is 43.3 Å². The van der Waals surface area contributed by atoms with E-state index in [2.05, 4.69) is 5.32 Å². The highest BCUT2D eigenvalue weighted by Gasteiger charge is 2.19. The van der Waals surface area contributed by atoms with E-state index < -0.39 is 12.1 Å². The molecular formula is C26H24N2O4. The number of benzene rings is 3. The molecule has 0 fully saturated rings. The number of rotatable bonds is 6. The number of fused-ring (bicyclic) bond motifs is 2. The van der Waals surface area contributed by atoms with Crippen LogP contribution in [0.15, 0.2) is 77.6 Å². The third-order valence-electron chi connectivity index (χ3n) is 5.43. The Labute approximate surface area is 185 Å². The summed E-state index contributed by atoms with van der Waals surface area (Å²) in [4.78, 5) is 37.9. The summed E-state index contributed by atoms with van der Waals surface area (Å²) in [6.45, 7) is 3.79. The van der Waals surface area contributed by atoms with Gasteiger partial charge >= 0.3 is 5.97 Å². The first-order valence-electron chi connectivity index (χ1n) is 10.5. The number of hydrogen-bond donors (Lipinski definition) is 1. The number of carbonyl (C=O) groups is 2. The summed E-state index contributed by atoms with van der Waals surface area (Å²) in [6.07, 6.45) is -0.940. The normalized spacial score (nSPS) is 11.9. The van der Waals surface area contributed by atoms with Gasteiger partial charge in [0, 0.05) is 17.3 Å². The summed E-state index contributed by atoms with van der Waals surface area (Å²) in [5.74, 6) is -0.921. The molecule has 0 bridgehead atoms. The van der Waals surface area contributed by atoms with E-state index in [4.69, 9.17) is 4.74 Å². The van der Waals surface area contributed by atoms with Gasteiger partial charge < -0.3 is 14.6 Å². The van der Waals surface area contributed by atoms with Gasteiger partial charge in [-0.05, 0) is 43.7 Å². The Bertz CT molecular complexity index is 1300. The van der Waals surface area contributed by atoms with Gasteiger partial charge in [0.25, 0.3) is 5.91 Å². The molecule has 0 aliphatic heterocycles. The van der Waals surface area contributed by atoms with Gasteiger partial charge in [-0.2, -0.15) is 0 Å². The topological polar surface area (TPSA) is 77.4 Å². The van der Waals surface area contributed by atoms with Crippen LogP contribution in [0.2, 0.25) is 0 Å². The minimum absolute atomic E-state index is 0.0790. The van der Waals surface area contributed by atoms with Crippen LogP contribution in [0.3, 0.4) is 0 Å². The van der Waals surface area contributed by atoms with Crippen LogP contribution >= 0.6 is 0 Å². The van der Waals surface area contributed by atoms with Crippen LogP contribution in [0.25, 0.3) is 21.8 Å². The van der Waals surface area contributed by atoms with Gasteiger partial charge in [-0.3, -0.25) is 14.4 Å². The molecule has 0 radical (unpaired) electrons. The highest BCUT2D eigenvalue weighted by atomic mass is 16.5. The quantitative estimate of drug-likeness (QED) is 0.375. The number of nitrogens with one attached hydrogen (secondary N) is 1. The Morgan fingerprint density at radius 1 is 0.906 bits per heavy atom. The first-order chi connectivity index (χ1) is 15.4. The van der Waals surface area contributed by atoms with Crippen LogP contribution < -0.4 is 10.7 Å². The van der Waals surface area contributed by atoms with Crippen LogP contribution in [-0.2, 0) is 27.4 Å². The van der Waals surface area contributed by atoms with E-state index in [1.165, 1.54) is 0 Å². The SMILES string of the molecule is Cc1ccc(CNC(=O)[C@H](C)OC(=O)Cn2c3ccccc3c(=O)c3ccccc32)cc1. The lowest BCUT2D eigenvalue weighted by Crippen LogP contribution is -2.36. The molecule has 1 aromatic heterocycles. The Hall–Kier alpha value is -3.93. The van der Waals surface area contributed by atoms with Crippen molar-refractivity contribution in [1.29, 1.82) is 0 Å². The molecule has 6 nitrogen and oxygen atoms in total. The maximum Gasteiger partial charge on any atom is 0.326 e. The maximum absolute atomic E-state index is 12.8. The molecule has 0 aliphatic carbocycles. The summed E-state index contributed by atoms with van der Waals surface area (Å²) in [7, 11) is 0. The summed E-state index contributed by atoms with van der Waals surface area (Å²) in [6, 6.07) is 22.1. The van der Waals surface area contributed by atoms with Crippen molar-refractivity contribution in [1.82, 2.24) is 9.88 Å². The van der Waals surface area contributed by atoms with Crippen molar-refractivity contribution in [2.45, 2.75) is 33.0 Å². The zero-order valence-electron chi connectivity index (χ0n) is 18.0. The molecule has 1 atom stereocenters. The molecule has 1 heterocycles. The second-order valence-electron chi connectivity index (χ2n) is 7.79. The van der Waals surface area contributed by atoms with Crippen molar-refractivity contribution in [3.05, 3.63) is 94.1 Å². The van der Waals surface area contributed by atoms with Crippen molar-refractivity contribution < 1.29 is 14.3 Å². The van der Waals surface area contributed by atoms with Crippen LogP contribution in [0.4, 0.5) is 0 Å². The first kappa shape index (κ1) is 21.3. The van der Waals surface area contributed by atoms with E-state index in [9.17, 15) is 14.4 Å². The minimum Gasteiger partial charge on any atom is -0.451 e. The van der Waals surface area contributed by atoms with Crippen LogP contribution in [-0.4, -0.2) is 22.5 Å². The predicted octanol–water partition coefficient (Wildman–Crippen LogP) is 3.71. The van der Waals surface area contributed by atoms with Gasteiger partial charge in [0.1, 0.15) is 6.54 Å². The molecule has 1 amide bonds. The summed E-state index contributed by atoms with van der Waals surface area (Å²) >= 11 is 0. The lowest BCUT2D eigenvalue weighted by atomic mass is 10.1. The van der Waals surface area contributed by atoms with E-state index in [0.29, 0.717) is 28.4 Å². The highest BCUT2D eigenvalue weighted by molar-refractivity contribution is 5.94. The lowest BCUT2D eigenvalue weighted by molar-refractivity contribution is -0.155. The lowest BCUT2D eigenvalue weighted by Gasteiger charge is -2.17. The number of esters is 1. The van der Waals surface area contributed by atoms with Gasteiger partial charge in [-0.1, -0.05) is 54.1 Å². The average molecular weight is 428 g/mol. The average Bonchev–Trinajstić information content (AvgIpc) is 2.81. The molecule has 0 saturated carbocycles. The fraction of sp³-hybridized carbons (Fsp3) is 0.192. The Balaban J connectivity index is 1.50. The zero-order valence-corrected chi connectivity index (χ0v) is 18.0. The van der Waals surface area contributed by atoms with Crippen molar-refractivity contribution in [2.75, 3.05) is 0 Å². The summed E-state index contributed by atoms with van der Waals surface area (Å²) in [5, 5.41) is 3.85. The van der Waals surface area contributed by atoms with Crippen LogP contribution in [0.1, 0.15) is 18.1 Å². The zero-order chi connectivity index (χ0) is 22.7. The largest absolute Gasteiger partial charge is 0.451 e. The summed E-state index contributed by atoms with van der Waals surface area (Å²) < 4.78 is 7.16. The number of para-hydroxylation sites is 2. The number of ether oxygens (including phenoxy) is 1. The number of aryl methyl sites for hydroxylation is 1. The molecule has 3 aromatic carbocycles. The Kier molecular flexibility index (Phi) is 6.03. The van der Waals surface area contributed by atoms with Gasteiger partial charge in [-0.15, -0.1) is 0 Å². The minimum atomic E-state index is -0.940. The fourth-order valence-corrected chi connectivity index (χ4v) is 3.70. The molecular weight excluding hydrogens is 404 g/mol. The number of nitrogens with zero attached hydrogens (tertiary/aromatic N) is 1. The molecule has 4 aromatic rings. The van der Waals surface area contributed by atoms with Gasteiger partial charge in [0.05, 0.1) is 11.0 Å². The number of aromatic nitrogens is 1. The van der Waals surface area contributed by atoms with E-state index >= 15 is 0 Å². The Morgan fingerprint density at radius 2 is 1.47 bits per heavy atom. The highest BCUT2D eigenvalue weighted by Crippen LogP contribution is 2.19. The first-order valence-corrected chi connectivity index (χ1v) is 10.5. The molecule has 162 valence electrons. The van der Waals surface area contributed by atoms with Crippen molar-refractivity contribution >= 4 is 33.7 Å². The van der Waals surface area contributed by atoms with Crippen molar-refractivity contribution in [2.24, 2.45) is 0 Å². The molecule has 32 heavy (non-hydrogen) atoms. The van der Waals surface area contributed by atoms with Crippen molar-refractivity contribution in [3.8, 4) is 0 Å². The van der Waals surface area contributed by atoms with Crippen LogP contribution in [0.5, 0.6) is 0 Å². The van der Waals surface area contributed by atoms with Crippen molar-refractivity contribution in [3.63, 3.8) is 0 Å². The molecule has 1 N–H and O–H groups in total. The van der Waals surface area contributed by atoms with Gasteiger partial charge in [0.15, 0.2) is 11.5 Å². The maximum atomic E-state index is 12.8. The van der Waals surface area contributed by atoms with Gasteiger partial charge in [0.2, 0.25) is 0 Å². The number of hydrogen-bond acceptors (Lipinski definition) is 4. The summed E-state index contributed by atoms with van der Waals surface area (Å²) in [5.41, 5.74) is 3.32. The molecule has 0 aliphatic rings.